The molecule has 0 bridgehead atoms. The normalized spacial score (nSPS) is 11.8. The molecule has 0 heterocycles. The number of amides is 1. The number of carbonyl (C=O) groups excluding carboxylic acids is 1. The molecule has 0 fully saturated rings. The lowest BCUT2D eigenvalue weighted by molar-refractivity contribution is -0.135. The van der Waals surface area contributed by atoms with E-state index in [1.807, 2.05) is 13.8 Å². The molecular weight excluding hydrogens is 292 g/mol. The number of rotatable bonds is 8. The maximum Gasteiger partial charge on any atom is 0.323 e. The molecule has 2 N–H and O–H groups in total. The van der Waals surface area contributed by atoms with E-state index in [-0.39, 0.29) is 25.0 Å². The summed E-state index contributed by atoms with van der Waals surface area (Å²) in [5, 5.41) is 12.4. The summed E-state index contributed by atoms with van der Waals surface area (Å²) in [5.74, 6) is -1.17. The Morgan fingerprint density at radius 2 is 1.90 bits per heavy atom. The van der Waals surface area contributed by atoms with Crippen molar-refractivity contribution in [2.24, 2.45) is 0 Å². The molecule has 1 aromatic rings. The molecule has 1 aromatic carbocycles. The summed E-state index contributed by atoms with van der Waals surface area (Å²) in [4.78, 5) is 24.5. The molecular formula is C15H21ClN2O3. The van der Waals surface area contributed by atoms with Gasteiger partial charge in [-0.3, -0.25) is 9.59 Å². The Morgan fingerprint density at radius 1 is 1.29 bits per heavy atom. The number of anilines is 1. The predicted molar refractivity (Wildman–Crippen MR) is 83.8 cm³/mol. The minimum absolute atomic E-state index is 0.00197. The molecule has 0 aliphatic carbocycles. The van der Waals surface area contributed by atoms with Gasteiger partial charge in [-0.05, 0) is 37.6 Å². The molecule has 0 saturated heterocycles. The van der Waals surface area contributed by atoms with Crippen LogP contribution in [0.3, 0.4) is 0 Å². The van der Waals surface area contributed by atoms with Crippen LogP contribution in [0.15, 0.2) is 24.3 Å². The van der Waals surface area contributed by atoms with Crippen molar-refractivity contribution in [1.29, 1.82) is 0 Å². The van der Waals surface area contributed by atoms with Crippen molar-refractivity contribution in [3.05, 3.63) is 29.3 Å². The number of nitrogens with zero attached hydrogens (tertiary/aromatic N) is 1. The zero-order valence-electron chi connectivity index (χ0n) is 12.3. The highest BCUT2D eigenvalue weighted by Gasteiger charge is 2.16. The molecule has 1 unspecified atom stereocenters. The maximum atomic E-state index is 12.0. The number of hydrogen-bond acceptors (Lipinski definition) is 3. The maximum absolute atomic E-state index is 12.0. The van der Waals surface area contributed by atoms with E-state index in [0.717, 1.165) is 12.8 Å². The van der Waals surface area contributed by atoms with Gasteiger partial charge in [0.15, 0.2) is 0 Å². The van der Waals surface area contributed by atoms with E-state index in [0.29, 0.717) is 10.7 Å². The minimum Gasteiger partial charge on any atom is -0.480 e. The van der Waals surface area contributed by atoms with E-state index in [9.17, 15) is 9.59 Å². The number of halogens is 1. The smallest absolute Gasteiger partial charge is 0.323 e. The second kappa shape index (κ2) is 8.52. The van der Waals surface area contributed by atoms with E-state index in [4.69, 9.17) is 16.7 Å². The summed E-state index contributed by atoms with van der Waals surface area (Å²) in [6, 6.07) is 6.83. The van der Waals surface area contributed by atoms with Crippen molar-refractivity contribution >= 4 is 29.2 Å². The van der Waals surface area contributed by atoms with Crippen LogP contribution in [-0.4, -0.2) is 36.1 Å². The van der Waals surface area contributed by atoms with Crippen LogP contribution in [0.4, 0.5) is 5.69 Å². The van der Waals surface area contributed by atoms with Gasteiger partial charge in [-0.2, -0.15) is 0 Å². The Balaban J connectivity index is 2.72. The number of carboxylic acid groups (broad SMARTS) is 1. The summed E-state index contributed by atoms with van der Waals surface area (Å²) in [5.41, 5.74) is 0.653. The highest BCUT2D eigenvalue weighted by molar-refractivity contribution is 6.30. The van der Waals surface area contributed by atoms with Gasteiger partial charge in [0.2, 0.25) is 5.91 Å². The number of hydrogen-bond donors (Lipinski definition) is 2. The largest absolute Gasteiger partial charge is 0.480 e. The third-order valence-electron chi connectivity index (χ3n) is 2.98. The van der Waals surface area contributed by atoms with Gasteiger partial charge in [-0.25, -0.2) is 0 Å². The molecule has 116 valence electrons. The first-order valence-corrected chi connectivity index (χ1v) is 7.31. The first-order valence-electron chi connectivity index (χ1n) is 6.94. The molecule has 0 radical (unpaired) electrons. The van der Waals surface area contributed by atoms with Gasteiger partial charge in [0.25, 0.3) is 0 Å². The van der Waals surface area contributed by atoms with E-state index >= 15 is 0 Å². The summed E-state index contributed by atoms with van der Waals surface area (Å²) >= 11 is 5.82. The fourth-order valence-corrected chi connectivity index (χ4v) is 2.18. The summed E-state index contributed by atoms with van der Waals surface area (Å²) in [6.45, 7) is 3.75. The van der Waals surface area contributed by atoms with Crippen LogP contribution in [0.5, 0.6) is 0 Å². The predicted octanol–water partition coefficient (Wildman–Crippen LogP) is 2.54. The lowest BCUT2D eigenvalue weighted by Gasteiger charge is -2.23. The molecule has 5 nitrogen and oxygen atoms in total. The average molecular weight is 313 g/mol. The zero-order chi connectivity index (χ0) is 15.8. The Labute approximate surface area is 129 Å². The summed E-state index contributed by atoms with van der Waals surface area (Å²) < 4.78 is 0. The Bertz CT molecular complexity index is 476. The molecule has 0 saturated carbocycles. The van der Waals surface area contributed by atoms with Crippen LogP contribution in [0, 0.1) is 0 Å². The van der Waals surface area contributed by atoms with Crippen molar-refractivity contribution in [2.45, 2.75) is 32.7 Å². The van der Waals surface area contributed by atoms with E-state index in [1.165, 1.54) is 4.90 Å². The summed E-state index contributed by atoms with van der Waals surface area (Å²) in [7, 11) is 0. The molecule has 0 spiro atoms. The Morgan fingerprint density at radius 3 is 2.43 bits per heavy atom. The van der Waals surface area contributed by atoms with Crippen LogP contribution in [-0.2, 0) is 9.59 Å². The number of aliphatic carboxylic acids is 1. The molecule has 1 amide bonds. The number of nitrogens with one attached hydrogen (secondary N) is 1. The molecule has 0 aliphatic rings. The molecule has 0 aliphatic heterocycles. The van der Waals surface area contributed by atoms with Crippen molar-refractivity contribution in [3.8, 4) is 0 Å². The lowest BCUT2D eigenvalue weighted by atomic mass is 10.2. The van der Waals surface area contributed by atoms with Gasteiger partial charge in [0.1, 0.15) is 6.54 Å². The van der Waals surface area contributed by atoms with Crippen LogP contribution in [0.25, 0.3) is 0 Å². The highest BCUT2D eigenvalue weighted by Crippen LogP contribution is 2.17. The van der Waals surface area contributed by atoms with Crippen LogP contribution < -0.4 is 10.2 Å². The Hall–Kier alpha value is -1.75. The van der Waals surface area contributed by atoms with Crippen molar-refractivity contribution in [1.82, 2.24) is 5.32 Å². The van der Waals surface area contributed by atoms with E-state index < -0.39 is 5.97 Å². The van der Waals surface area contributed by atoms with Gasteiger partial charge in [-0.15, -0.1) is 0 Å². The van der Waals surface area contributed by atoms with Gasteiger partial charge >= 0.3 is 5.97 Å². The van der Waals surface area contributed by atoms with Gasteiger partial charge in [0, 0.05) is 16.8 Å². The molecule has 21 heavy (non-hydrogen) atoms. The minimum atomic E-state index is -0.987. The molecule has 1 rings (SSSR count). The van der Waals surface area contributed by atoms with Crippen molar-refractivity contribution in [2.75, 3.05) is 18.0 Å². The SMILES string of the molecule is CCCC(C)NC(=O)CN(CC(=O)O)c1ccc(Cl)cc1. The van der Waals surface area contributed by atoms with E-state index in [1.54, 1.807) is 24.3 Å². The third kappa shape index (κ3) is 6.49. The highest BCUT2D eigenvalue weighted by atomic mass is 35.5. The van der Waals surface area contributed by atoms with Crippen LogP contribution in [0.1, 0.15) is 26.7 Å². The van der Waals surface area contributed by atoms with E-state index in [2.05, 4.69) is 5.32 Å². The fraction of sp³-hybridized carbons (Fsp3) is 0.467. The quantitative estimate of drug-likeness (QED) is 0.774. The summed E-state index contributed by atoms with van der Waals surface area (Å²) in [6.07, 6.45) is 1.88. The molecule has 0 aromatic heterocycles. The first-order chi connectivity index (χ1) is 9.92. The lowest BCUT2D eigenvalue weighted by Crippen LogP contribution is -2.42. The monoisotopic (exact) mass is 312 g/mol. The zero-order valence-corrected chi connectivity index (χ0v) is 13.1. The topological polar surface area (TPSA) is 69.6 Å². The van der Waals surface area contributed by atoms with Crippen LogP contribution in [0.2, 0.25) is 5.02 Å². The number of carboxylic acids is 1. The molecule has 1 atom stereocenters. The van der Waals surface area contributed by atoms with Gasteiger partial charge < -0.3 is 15.3 Å². The van der Waals surface area contributed by atoms with Crippen molar-refractivity contribution in [3.63, 3.8) is 0 Å². The third-order valence-corrected chi connectivity index (χ3v) is 3.23. The molecule has 6 heteroatoms. The standard InChI is InChI=1S/C15H21ClN2O3/c1-3-4-11(2)17-14(19)9-18(10-15(20)21)13-7-5-12(16)6-8-13/h5-8,11H,3-4,9-10H2,1-2H3,(H,17,19)(H,20,21). The number of benzene rings is 1. The second-order valence-corrected chi connectivity index (χ2v) is 5.42. The van der Waals surface area contributed by atoms with Crippen molar-refractivity contribution < 1.29 is 14.7 Å². The van der Waals surface area contributed by atoms with Crippen LogP contribution >= 0.6 is 11.6 Å². The Kier molecular flexibility index (Phi) is 7.02. The van der Waals surface area contributed by atoms with Gasteiger partial charge in [-0.1, -0.05) is 24.9 Å². The first kappa shape index (κ1) is 17.3. The number of carbonyl (C=O) groups is 2. The second-order valence-electron chi connectivity index (χ2n) is 4.98. The fourth-order valence-electron chi connectivity index (χ4n) is 2.05. The van der Waals surface area contributed by atoms with Gasteiger partial charge in [0.05, 0.1) is 6.54 Å². The average Bonchev–Trinajstić information content (AvgIpc) is 2.38.